The van der Waals surface area contributed by atoms with E-state index in [1.54, 1.807) is 11.9 Å². The van der Waals surface area contributed by atoms with Gasteiger partial charge in [0.25, 0.3) is 0 Å². The summed E-state index contributed by atoms with van der Waals surface area (Å²) >= 11 is 0. The molecule has 0 aromatic rings. The van der Waals surface area contributed by atoms with E-state index in [1.807, 2.05) is 0 Å². The van der Waals surface area contributed by atoms with Crippen molar-refractivity contribution in [1.29, 1.82) is 0 Å². The normalized spacial score (nSPS) is 43.0. The topological polar surface area (TPSA) is 66.8 Å². The molecule has 1 N–H and O–H groups in total. The van der Waals surface area contributed by atoms with Crippen LogP contribution in [0.1, 0.15) is 0 Å². The van der Waals surface area contributed by atoms with Crippen molar-refractivity contribution < 1.29 is 22.7 Å². The second-order valence-corrected chi connectivity index (χ2v) is 6.65. The lowest BCUT2D eigenvalue weighted by Gasteiger charge is -2.31. The molecule has 0 aliphatic carbocycles. The quantitative estimate of drug-likeness (QED) is 0.670. The average Bonchev–Trinajstić information content (AvgIpc) is 2.69. The Balaban J connectivity index is 2.07. The van der Waals surface area contributed by atoms with Gasteiger partial charge in [-0.15, -0.1) is 0 Å². The smallest absolute Gasteiger partial charge is 0.154 e. The van der Waals surface area contributed by atoms with E-state index in [9.17, 15) is 17.9 Å². The molecule has 2 saturated heterocycles. The summed E-state index contributed by atoms with van der Waals surface area (Å²) in [5.74, 6) is -0.333. The minimum absolute atomic E-state index is 0.0462. The van der Waals surface area contributed by atoms with Crippen LogP contribution >= 0.6 is 0 Å². The third-order valence-electron chi connectivity index (χ3n) is 3.32. The first-order valence-corrected chi connectivity index (χ1v) is 7.05. The third kappa shape index (κ3) is 2.22. The van der Waals surface area contributed by atoms with Crippen molar-refractivity contribution in [1.82, 2.24) is 4.90 Å². The van der Waals surface area contributed by atoms with Crippen LogP contribution in [0, 0.1) is 0 Å². The van der Waals surface area contributed by atoms with Crippen LogP contribution in [-0.2, 0) is 14.6 Å². The molecule has 4 atom stereocenters. The summed E-state index contributed by atoms with van der Waals surface area (Å²) in [5, 5.41) is 9.66. The molecule has 0 saturated carbocycles. The minimum atomic E-state index is -3.19. The fourth-order valence-corrected chi connectivity index (χ4v) is 4.19. The van der Waals surface area contributed by atoms with Crippen molar-refractivity contribution in [2.75, 3.05) is 31.8 Å². The molecule has 0 aromatic heterocycles. The molecular formula is C9H16FNO4S. The standard InChI is InChI=1S/C9H16FNO4S/c1-11(7-3-15-2-6(7)10)8-4-16(13,14)5-9(8)12/h6-9,12H,2-5H2,1H3/t6-,7-,8?,9-/m1/s1. The maximum Gasteiger partial charge on any atom is 0.154 e. The molecule has 2 heterocycles. The molecule has 16 heavy (non-hydrogen) atoms. The molecule has 5 nitrogen and oxygen atoms in total. The van der Waals surface area contributed by atoms with E-state index in [0.29, 0.717) is 0 Å². The molecule has 2 rings (SSSR count). The molecular weight excluding hydrogens is 237 g/mol. The van der Waals surface area contributed by atoms with Gasteiger partial charge in [0.2, 0.25) is 0 Å². The van der Waals surface area contributed by atoms with E-state index < -0.39 is 34.2 Å². The lowest BCUT2D eigenvalue weighted by molar-refractivity contribution is 0.0541. The van der Waals surface area contributed by atoms with Crippen molar-refractivity contribution >= 4 is 9.84 Å². The van der Waals surface area contributed by atoms with E-state index in [2.05, 4.69) is 0 Å². The number of hydrogen-bond acceptors (Lipinski definition) is 5. The number of aliphatic hydroxyl groups is 1. The maximum absolute atomic E-state index is 13.4. The molecule has 7 heteroatoms. The number of hydrogen-bond donors (Lipinski definition) is 1. The Morgan fingerprint density at radius 2 is 2.00 bits per heavy atom. The summed E-state index contributed by atoms with van der Waals surface area (Å²) in [7, 11) is -1.55. The summed E-state index contributed by atoms with van der Waals surface area (Å²) in [5.41, 5.74) is 0. The van der Waals surface area contributed by atoms with Gasteiger partial charge < -0.3 is 9.84 Å². The van der Waals surface area contributed by atoms with Gasteiger partial charge in [0.05, 0.1) is 42.9 Å². The lowest BCUT2D eigenvalue weighted by Crippen LogP contribution is -2.49. The van der Waals surface area contributed by atoms with Gasteiger partial charge >= 0.3 is 0 Å². The zero-order chi connectivity index (χ0) is 11.9. The van der Waals surface area contributed by atoms with E-state index in [0.717, 1.165) is 0 Å². The number of rotatable bonds is 2. The van der Waals surface area contributed by atoms with Crippen molar-refractivity contribution in [3.63, 3.8) is 0 Å². The fraction of sp³-hybridized carbons (Fsp3) is 1.00. The van der Waals surface area contributed by atoms with Gasteiger partial charge in [0.15, 0.2) is 9.84 Å². The molecule has 94 valence electrons. The van der Waals surface area contributed by atoms with E-state index in [1.165, 1.54) is 0 Å². The van der Waals surface area contributed by atoms with E-state index in [4.69, 9.17) is 4.74 Å². The van der Waals surface area contributed by atoms with Crippen LogP contribution in [0.2, 0.25) is 0 Å². The van der Waals surface area contributed by atoms with Gasteiger partial charge in [-0.1, -0.05) is 0 Å². The highest BCUT2D eigenvalue weighted by Gasteiger charge is 2.43. The number of likely N-dealkylation sites (N-methyl/N-ethyl adjacent to an activating group) is 1. The molecule has 2 aliphatic rings. The van der Waals surface area contributed by atoms with E-state index >= 15 is 0 Å². The number of aliphatic hydroxyl groups excluding tert-OH is 1. The van der Waals surface area contributed by atoms with Crippen LogP contribution in [0.25, 0.3) is 0 Å². The van der Waals surface area contributed by atoms with Crippen LogP contribution in [0.15, 0.2) is 0 Å². The van der Waals surface area contributed by atoms with Crippen molar-refractivity contribution in [3.8, 4) is 0 Å². The highest BCUT2D eigenvalue weighted by atomic mass is 32.2. The Morgan fingerprint density at radius 3 is 2.44 bits per heavy atom. The minimum Gasteiger partial charge on any atom is -0.390 e. The summed E-state index contributed by atoms with van der Waals surface area (Å²) in [6, 6.07) is -0.970. The SMILES string of the molecule is CN(C1CS(=O)(=O)C[C@H]1O)[C@@H]1COC[C@H]1F. The number of nitrogens with zero attached hydrogens (tertiary/aromatic N) is 1. The van der Waals surface area contributed by atoms with Crippen LogP contribution < -0.4 is 0 Å². The van der Waals surface area contributed by atoms with Crippen molar-refractivity contribution in [3.05, 3.63) is 0 Å². The first-order chi connectivity index (χ1) is 7.41. The average molecular weight is 253 g/mol. The third-order valence-corrected chi connectivity index (χ3v) is 5.02. The molecule has 0 spiro atoms. The number of halogens is 1. The highest BCUT2D eigenvalue weighted by molar-refractivity contribution is 7.91. The van der Waals surface area contributed by atoms with Gasteiger partial charge in [-0.05, 0) is 7.05 Å². The summed E-state index contributed by atoms with van der Waals surface area (Å²) in [6.07, 6.45) is -2.04. The highest BCUT2D eigenvalue weighted by Crippen LogP contribution is 2.23. The predicted octanol–water partition coefficient (Wildman–Crippen LogP) is -1.19. The summed E-state index contributed by atoms with van der Waals surface area (Å²) < 4.78 is 41.1. The maximum atomic E-state index is 13.4. The molecule has 2 aliphatic heterocycles. The molecule has 0 amide bonds. The molecule has 0 aromatic carbocycles. The monoisotopic (exact) mass is 253 g/mol. The first-order valence-electron chi connectivity index (χ1n) is 5.23. The van der Waals surface area contributed by atoms with Gasteiger partial charge in [-0.2, -0.15) is 0 Å². The van der Waals surface area contributed by atoms with Gasteiger partial charge in [0, 0.05) is 0 Å². The van der Waals surface area contributed by atoms with Gasteiger partial charge in [-0.3, -0.25) is 4.90 Å². The summed E-state index contributed by atoms with van der Waals surface area (Å²) in [4.78, 5) is 1.60. The number of sulfone groups is 1. The number of alkyl halides is 1. The molecule has 0 radical (unpaired) electrons. The van der Waals surface area contributed by atoms with Crippen molar-refractivity contribution in [2.45, 2.75) is 24.4 Å². The zero-order valence-corrected chi connectivity index (χ0v) is 9.86. The summed E-state index contributed by atoms with van der Waals surface area (Å²) in [6.45, 7) is 0.297. The Kier molecular flexibility index (Phi) is 3.22. The largest absolute Gasteiger partial charge is 0.390 e. The lowest BCUT2D eigenvalue weighted by atomic mass is 10.1. The van der Waals surface area contributed by atoms with Crippen LogP contribution in [0.5, 0.6) is 0 Å². The van der Waals surface area contributed by atoms with Gasteiger partial charge in [-0.25, -0.2) is 12.8 Å². The predicted molar refractivity (Wildman–Crippen MR) is 55.7 cm³/mol. The molecule has 1 unspecified atom stereocenters. The second kappa shape index (κ2) is 4.21. The molecule has 2 fully saturated rings. The van der Waals surface area contributed by atoms with Crippen molar-refractivity contribution in [2.24, 2.45) is 0 Å². The van der Waals surface area contributed by atoms with E-state index in [-0.39, 0.29) is 24.7 Å². The van der Waals surface area contributed by atoms with Crippen LogP contribution in [0.4, 0.5) is 4.39 Å². The number of ether oxygens (including phenoxy) is 1. The first kappa shape index (κ1) is 12.2. The van der Waals surface area contributed by atoms with Crippen LogP contribution in [0.3, 0.4) is 0 Å². The zero-order valence-electron chi connectivity index (χ0n) is 9.04. The molecule has 0 bridgehead atoms. The van der Waals surface area contributed by atoms with Crippen LogP contribution in [-0.4, -0.2) is 74.6 Å². The second-order valence-electron chi connectivity index (χ2n) is 4.50. The Morgan fingerprint density at radius 1 is 1.31 bits per heavy atom. The Labute approximate surface area is 94.1 Å². The Hall–Kier alpha value is -0.240. The Bertz CT molecular complexity index is 361. The fourth-order valence-electron chi connectivity index (χ4n) is 2.34. The van der Waals surface area contributed by atoms with Gasteiger partial charge in [0.1, 0.15) is 6.17 Å².